The quantitative estimate of drug-likeness (QED) is 0.571. The van der Waals surface area contributed by atoms with Gasteiger partial charge >= 0.3 is 6.03 Å². The molecule has 0 aliphatic heterocycles. The Morgan fingerprint density at radius 2 is 2.15 bits per heavy atom. The smallest absolute Gasteiger partial charge is 0.316 e. The summed E-state index contributed by atoms with van der Waals surface area (Å²) in [5.74, 6) is 0.579. The largest absolute Gasteiger partial charge is 0.385 e. The normalized spacial score (nSPS) is 15.7. The maximum absolute atomic E-state index is 11.2. The molecule has 2 amide bonds. The summed E-state index contributed by atoms with van der Waals surface area (Å²) in [6, 6.07) is -0.466. The van der Waals surface area contributed by atoms with E-state index < -0.39 is 11.6 Å². The van der Waals surface area contributed by atoms with Gasteiger partial charge in [-0.1, -0.05) is 0 Å². The number of thiazole rings is 1. The Morgan fingerprint density at radius 3 is 2.63 bits per heavy atom. The molecule has 0 radical (unpaired) electrons. The summed E-state index contributed by atoms with van der Waals surface area (Å²) in [7, 11) is 0. The zero-order valence-corrected chi connectivity index (χ0v) is 17.5. The van der Waals surface area contributed by atoms with Gasteiger partial charge in [0.2, 0.25) is 0 Å². The monoisotopic (exact) mass is 406 g/mol. The van der Waals surface area contributed by atoms with Crippen LogP contribution in [-0.4, -0.2) is 21.1 Å². The van der Waals surface area contributed by atoms with Gasteiger partial charge in [0.1, 0.15) is 0 Å². The Balaban J connectivity index is 0.000000180. The van der Waals surface area contributed by atoms with E-state index in [0.717, 1.165) is 41.2 Å². The number of anilines is 1. The Hall–Kier alpha value is -1.77. The third kappa shape index (κ3) is 4.75. The van der Waals surface area contributed by atoms with Crippen molar-refractivity contribution >= 4 is 35.3 Å². The molecule has 2 aliphatic carbocycles. The van der Waals surface area contributed by atoms with Crippen LogP contribution in [0.15, 0.2) is 6.20 Å². The fraction of sp³-hybridized carbons (Fsp3) is 0.526. The van der Waals surface area contributed by atoms with Crippen LogP contribution in [0.2, 0.25) is 0 Å². The molecule has 0 unspecified atom stereocenters. The lowest BCUT2D eigenvalue weighted by molar-refractivity contribution is 0.0823. The second-order valence-corrected chi connectivity index (χ2v) is 9.35. The SMILES string of the molecule is CC(C)(O)c1c[nH]c(=S)s1.Cc1nc2c(c(NC(N)=O)c1C1CC1)CCC2. The first-order valence-corrected chi connectivity index (χ1v) is 10.4. The molecule has 2 aromatic rings. The van der Waals surface area contributed by atoms with Crippen LogP contribution < -0.4 is 11.1 Å². The number of nitrogens with two attached hydrogens (primary N) is 1. The number of aliphatic hydroxyl groups is 1. The summed E-state index contributed by atoms with van der Waals surface area (Å²) >= 11 is 6.26. The first-order valence-electron chi connectivity index (χ1n) is 9.17. The molecule has 2 aliphatic rings. The van der Waals surface area contributed by atoms with Crippen molar-refractivity contribution in [2.24, 2.45) is 5.73 Å². The van der Waals surface area contributed by atoms with E-state index in [1.807, 2.05) is 6.92 Å². The number of hydrogen-bond donors (Lipinski definition) is 4. The van der Waals surface area contributed by atoms with E-state index in [1.165, 1.54) is 35.3 Å². The van der Waals surface area contributed by atoms with Gasteiger partial charge in [-0.15, -0.1) is 11.3 Å². The Labute approximate surface area is 168 Å². The zero-order chi connectivity index (χ0) is 19.8. The second-order valence-electron chi connectivity index (χ2n) is 7.63. The number of amides is 2. The van der Waals surface area contributed by atoms with E-state index in [9.17, 15) is 9.90 Å². The van der Waals surface area contributed by atoms with Crippen LogP contribution in [0.3, 0.4) is 0 Å². The molecular formula is C19H26N4O2S2. The first kappa shape index (κ1) is 20.0. The summed E-state index contributed by atoms with van der Waals surface area (Å²) in [4.78, 5) is 19.6. The molecule has 4 rings (SSSR count). The Bertz CT molecular complexity index is 907. The number of urea groups is 1. The van der Waals surface area contributed by atoms with E-state index in [1.54, 1.807) is 20.0 Å². The van der Waals surface area contributed by atoms with Crippen molar-refractivity contribution in [3.63, 3.8) is 0 Å². The van der Waals surface area contributed by atoms with Crippen molar-refractivity contribution in [3.05, 3.63) is 37.5 Å². The van der Waals surface area contributed by atoms with Gasteiger partial charge in [0.05, 0.1) is 16.2 Å². The number of H-pyrrole nitrogens is 1. The molecule has 2 aromatic heterocycles. The molecule has 0 bridgehead atoms. The molecule has 27 heavy (non-hydrogen) atoms. The Morgan fingerprint density at radius 1 is 1.44 bits per heavy atom. The lowest BCUT2D eigenvalue weighted by atomic mass is 10.0. The number of aromatic nitrogens is 2. The molecule has 0 spiro atoms. The molecule has 0 aromatic carbocycles. The van der Waals surface area contributed by atoms with Crippen LogP contribution in [0.5, 0.6) is 0 Å². The standard InChI is InChI=1S/C13H17N3O.C6H9NOS2/c1-7-11(8-5-6-8)12(16-13(14)17)9-3-2-4-10(9)15-7;1-6(2,8)4-3-7-5(9)10-4/h8H,2-6H2,1H3,(H3,14,15,16,17);3,8H,1-2H3,(H,7,9). The number of hydrogen-bond acceptors (Lipinski definition) is 5. The number of aryl methyl sites for hydroxylation is 2. The molecule has 2 heterocycles. The van der Waals surface area contributed by atoms with Crippen LogP contribution in [0.25, 0.3) is 0 Å². The average molecular weight is 407 g/mol. The first-order chi connectivity index (χ1) is 12.7. The van der Waals surface area contributed by atoms with Crippen LogP contribution in [0.1, 0.15) is 66.4 Å². The Kier molecular flexibility index (Phi) is 5.69. The lowest BCUT2D eigenvalue weighted by Gasteiger charge is -2.16. The highest BCUT2D eigenvalue weighted by Gasteiger charge is 2.32. The van der Waals surface area contributed by atoms with Gasteiger partial charge in [-0.05, 0) is 76.6 Å². The number of primary amides is 1. The number of pyridine rings is 1. The summed E-state index contributed by atoms with van der Waals surface area (Å²) < 4.78 is 0.706. The van der Waals surface area contributed by atoms with Gasteiger partial charge in [-0.2, -0.15) is 0 Å². The molecular weight excluding hydrogens is 380 g/mol. The predicted molar refractivity (Wildman–Crippen MR) is 111 cm³/mol. The maximum Gasteiger partial charge on any atom is 0.316 e. The van der Waals surface area contributed by atoms with Crippen molar-refractivity contribution in [2.75, 3.05) is 5.32 Å². The van der Waals surface area contributed by atoms with Gasteiger partial charge in [-0.25, -0.2) is 4.79 Å². The molecule has 1 fully saturated rings. The summed E-state index contributed by atoms with van der Waals surface area (Å²) in [6.07, 6.45) is 7.31. The molecule has 0 saturated heterocycles. The van der Waals surface area contributed by atoms with Gasteiger partial charge in [0.25, 0.3) is 0 Å². The average Bonchev–Trinajstić information content (AvgIpc) is 3.09. The number of carbonyl (C=O) groups excluding carboxylic acids is 1. The van der Waals surface area contributed by atoms with Crippen LogP contribution in [0.4, 0.5) is 10.5 Å². The third-order valence-electron chi connectivity index (χ3n) is 4.81. The maximum atomic E-state index is 11.2. The third-order valence-corrected chi connectivity index (χ3v) is 6.32. The van der Waals surface area contributed by atoms with Gasteiger partial charge in [0, 0.05) is 23.1 Å². The molecule has 6 nitrogen and oxygen atoms in total. The summed E-state index contributed by atoms with van der Waals surface area (Å²) in [6.45, 7) is 5.52. The van der Waals surface area contributed by atoms with E-state index in [2.05, 4.69) is 10.3 Å². The number of rotatable bonds is 3. The zero-order valence-electron chi connectivity index (χ0n) is 15.9. The van der Waals surface area contributed by atoms with Gasteiger partial charge in [-0.3, -0.25) is 4.98 Å². The molecule has 0 atom stereocenters. The topological polar surface area (TPSA) is 104 Å². The van der Waals surface area contributed by atoms with Crippen molar-refractivity contribution in [1.29, 1.82) is 0 Å². The number of nitrogens with zero attached hydrogens (tertiary/aromatic N) is 1. The van der Waals surface area contributed by atoms with Crippen LogP contribution >= 0.6 is 23.6 Å². The highest BCUT2D eigenvalue weighted by molar-refractivity contribution is 7.73. The van der Waals surface area contributed by atoms with Gasteiger partial charge < -0.3 is 21.1 Å². The minimum Gasteiger partial charge on any atom is -0.385 e. The summed E-state index contributed by atoms with van der Waals surface area (Å²) in [5.41, 5.74) is 10.2. The second kappa shape index (κ2) is 7.69. The lowest BCUT2D eigenvalue weighted by Crippen LogP contribution is -2.22. The fourth-order valence-corrected chi connectivity index (χ4v) is 4.46. The van der Waals surface area contributed by atoms with Crippen molar-refractivity contribution in [2.45, 2.75) is 64.4 Å². The highest BCUT2D eigenvalue weighted by atomic mass is 32.1. The molecule has 5 N–H and O–H groups in total. The van der Waals surface area contributed by atoms with Crippen molar-refractivity contribution < 1.29 is 9.90 Å². The van der Waals surface area contributed by atoms with E-state index in [0.29, 0.717) is 9.87 Å². The number of aromatic amines is 1. The van der Waals surface area contributed by atoms with Crippen LogP contribution in [-0.2, 0) is 18.4 Å². The highest BCUT2D eigenvalue weighted by Crippen LogP contribution is 2.47. The minimum atomic E-state index is -0.766. The number of carbonyl (C=O) groups is 1. The number of nitrogens with one attached hydrogen (secondary N) is 2. The van der Waals surface area contributed by atoms with Crippen LogP contribution in [0, 0.1) is 10.9 Å². The fourth-order valence-electron chi connectivity index (χ4n) is 3.45. The minimum absolute atomic E-state index is 0.466. The van der Waals surface area contributed by atoms with E-state index in [4.69, 9.17) is 22.9 Å². The summed E-state index contributed by atoms with van der Waals surface area (Å²) in [5, 5.41) is 12.3. The number of fused-ring (bicyclic) bond motifs is 1. The van der Waals surface area contributed by atoms with Gasteiger partial charge in [0.15, 0.2) is 3.95 Å². The molecule has 8 heteroatoms. The van der Waals surface area contributed by atoms with E-state index >= 15 is 0 Å². The van der Waals surface area contributed by atoms with Crippen molar-refractivity contribution in [3.8, 4) is 0 Å². The molecule has 1 saturated carbocycles. The van der Waals surface area contributed by atoms with E-state index in [-0.39, 0.29) is 0 Å². The van der Waals surface area contributed by atoms with Crippen molar-refractivity contribution in [1.82, 2.24) is 9.97 Å². The predicted octanol–water partition coefficient (Wildman–Crippen LogP) is 4.28. The molecule has 146 valence electrons.